The normalized spacial score (nSPS) is 10.7. The van der Waals surface area contributed by atoms with Crippen LogP contribution in [0.25, 0.3) is 10.8 Å². The van der Waals surface area contributed by atoms with E-state index in [-0.39, 0.29) is 0 Å². The largest absolute Gasteiger partial charge is 0.246 e. The molecule has 1 nitrogen and oxygen atoms in total. The number of aryl methyl sites for hydroxylation is 1. The molecule has 66 valence electrons. The summed E-state index contributed by atoms with van der Waals surface area (Å²) in [5.74, 6) is 0. The summed E-state index contributed by atoms with van der Waals surface area (Å²) in [6, 6.07) is 8.24. The number of hydrogen-bond acceptors (Lipinski definition) is 1. The molecule has 2 rings (SSSR count). The van der Waals surface area contributed by atoms with Crippen LogP contribution in [0.5, 0.6) is 0 Å². The van der Waals surface area contributed by atoms with Crippen molar-refractivity contribution in [2.45, 2.75) is 6.92 Å². The summed E-state index contributed by atoms with van der Waals surface area (Å²) in [4.78, 5) is 4.33. The second-order valence-electron chi connectivity index (χ2n) is 2.92. The van der Waals surface area contributed by atoms with Crippen molar-refractivity contribution in [1.82, 2.24) is 4.98 Å². The number of fused-ring (bicyclic) bond motifs is 1. The lowest BCUT2D eigenvalue weighted by Crippen LogP contribution is -1.84. The van der Waals surface area contributed by atoms with Crippen LogP contribution < -0.4 is 0 Å². The summed E-state index contributed by atoms with van der Waals surface area (Å²) in [6.45, 7) is 1.99. The van der Waals surface area contributed by atoms with Gasteiger partial charge in [-0.05, 0) is 46.4 Å². The van der Waals surface area contributed by atoms with E-state index in [1.807, 2.05) is 13.0 Å². The number of halogens is 2. The Labute approximate surface area is 93.4 Å². The van der Waals surface area contributed by atoms with Crippen molar-refractivity contribution in [2.75, 3.05) is 0 Å². The molecule has 0 N–H and O–H groups in total. The maximum absolute atomic E-state index is 4.33. The first-order valence-electron chi connectivity index (χ1n) is 3.89. The lowest BCUT2D eigenvalue weighted by Gasteiger charge is -2.02. The van der Waals surface area contributed by atoms with Gasteiger partial charge in [-0.1, -0.05) is 22.0 Å². The number of rotatable bonds is 0. The molecule has 0 aliphatic heterocycles. The highest BCUT2D eigenvalue weighted by Crippen LogP contribution is 2.25. The zero-order valence-electron chi connectivity index (χ0n) is 7.01. The smallest absolute Gasteiger partial charge is 0.114 e. The van der Waals surface area contributed by atoms with E-state index in [4.69, 9.17) is 0 Å². The van der Waals surface area contributed by atoms with E-state index in [1.165, 1.54) is 5.39 Å². The topological polar surface area (TPSA) is 12.9 Å². The zero-order valence-corrected chi connectivity index (χ0v) is 10.2. The van der Waals surface area contributed by atoms with Crippen LogP contribution >= 0.6 is 31.9 Å². The molecule has 0 saturated carbocycles. The van der Waals surface area contributed by atoms with Gasteiger partial charge in [-0.15, -0.1) is 0 Å². The fourth-order valence-corrected chi connectivity index (χ4v) is 2.33. The summed E-state index contributed by atoms with van der Waals surface area (Å²) < 4.78 is 2.01. The van der Waals surface area contributed by atoms with Crippen molar-refractivity contribution in [3.05, 3.63) is 39.0 Å². The Bertz CT molecular complexity index is 460. The molecule has 0 saturated heterocycles. The fourth-order valence-electron chi connectivity index (χ4n) is 1.31. The molecule has 1 aromatic heterocycles. The maximum Gasteiger partial charge on any atom is 0.114 e. The van der Waals surface area contributed by atoms with Gasteiger partial charge in [-0.25, -0.2) is 4.98 Å². The average Bonchev–Trinajstić information content (AvgIpc) is 2.02. The van der Waals surface area contributed by atoms with Crippen molar-refractivity contribution < 1.29 is 0 Å². The molecule has 13 heavy (non-hydrogen) atoms. The molecule has 0 aliphatic carbocycles. The molecular formula is C10H7Br2N. The van der Waals surface area contributed by atoms with Crippen LogP contribution in [0.15, 0.2) is 33.3 Å². The highest BCUT2D eigenvalue weighted by atomic mass is 79.9. The molecule has 0 radical (unpaired) electrons. The third-order valence-corrected chi connectivity index (χ3v) is 2.97. The molecule has 0 bridgehead atoms. The minimum absolute atomic E-state index is 0.912. The van der Waals surface area contributed by atoms with Crippen LogP contribution in [0.2, 0.25) is 0 Å². The van der Waals surface area contributed by atoms with Crippen molar-refractivity contribution >= 4 is 42.6 Å². The summed E-state index contributed by atoms with van der Waals surface area (Å²) >= 11 is 6.89. The second kappa shape index (κ2) is 3.39. The summed E-state index contributed by atoms with van der Waals surface area (Å²) in [5.41, 5.74) is 1.03. The fraction of sp³-hybridized carbons (Fsp3) is 0.100. The Hall–Kier alpha value is -0.410. The van der Waals surface area contributed by atoms with Crippen LogP contribution in [-0.4, -0.2) is 4.98 Å². The van der Waals surface area contributed by atoms with Gasteiger partial charge in [0.25, 0.3) is 0 Å². The minimum atomic E-state index is 0.912. The Morgan fingerprint density at radius 3 is 2.69 bits per heavy atom. The van der Waals surface area contributed by atoms with Crippen molar-refractivity contribution in [3.63, 3.8) is 0 Å². The molecule has 0 aliphatic rings. The highest BCUT2D eigenvalue weighted by Gasteiger charge is 2.01. The SMILES string of the molecule is Cc1cc2cc(Br)ccc2c(Br)n1. The summed E-state index contributed by atoms with van der Waals surface area (Å²) in [5, 5.41) is 2.35. The Kier molecular flexibility index (Phi) is 2.39. The van der Waals surface area contributed by atoms with Gasteiger partial charge in [-0.3, -0.25) is 0 Å². The van der Waals surface area contributed by atoms with Gasteiger partial charge < -0.3 is 0 Å². The van der Waals surface area contributed by atoms with E-state index in [0.717, 1.165) is 20.2 Å². The van der Waals surface area contributed by atoms with Gasteiger partial charge in [-0.2, -0.15) is 0 Å². The number of hydrogen-bond donors (Lipinski definition) is 0. The summed E-state index contributed by atoms with van der Waals surface area (Å²) in [6.07, 6.45) is 0. The second-order valence-corrected chi connectivity index (χ2v) is 4.59. The van der Waals surface area contributed by atoms with Gasteiger partial charge in [0, 0.05) is 15.6 Å². The first-order valence-corrected chi connectivity index (χ1v) is 5.48. The van der Waals surface area contributed by atoms with E-state index < -0.39 is 0 Å². The lowest BCUT2D eigenvalue weighted by molar-refractivity contribution is 1.19. The minimum Gasteiger partial charge on any atom is -0.246 e. The molecule has 0 spiro atoms. The molecule has 0 amide bonds. The first kappa shape index (κ1) is 9.16. The van der Waals surface area contributed by atoms with Crippen molar-refractivity contribution in [2.24, 2.45) is 0 Å². The third-order valence-electron chi connectivity index (χ3n) is 1.87. The molecule has 3 heteroatoms. The van der Waals surface area contributed by atoms with Gasteiger partial charge in [0.15, 0.2) is 0 Å². The molecule has 1 aromatic carbocycles. The average molecular weight is 301 g/mol. The van der Waals surface area contributed by atoms with Crippen LogP contribution in [-0.2, 0) is 0 Å². The predicted molar refractivity (Wildman–Crippen MR) is 61.9 cm³/mol. The number of aromatic nitrogens is 1. The first-order chi connectivity index (χ1) is 6.16. The molecule has 0 atom stereocenters. The van der Waals surface area contributed by atoms with E-state index >= 15 is 0 Å². The highest BCUT2D eigenvalue weighted by molar-refractivity contribution is 9.10. The molecular weight excluding hydrogens is 294 g/mol. The van der Waals surface area contributed by atoms with Crippen molar-refractivity contribution in [3.8, 4) is 0 Å². The Morgan fingerprint density at radius 1 is 1.15 bits per heavy atom. The number of nitrogens with zero attached hydrogens (tertiary/aromatic N) is 1. The number of benzene rings is 1. The quantitative estimate of drug-likeness (QED) is 0.668. The molecule has 0 fully saturated rings. The standard InChI is InChI=1S/C10H7Br2N/c1-6-4-7-5-8(11)2-3-9(7)10(12)13-6/h2-5H,1H3. The Morgan fingerprint density at radius 2 is 1.92 bits per heavy atom. The Balaban J connectivity index is 2.86. The molecule has 0 unspecified atom stereocenters. The monoisotopic (exact) mass is 299 g/mol. The number of pyridine rings is 1. The predicted octanol–water partition coefficient (Wildman–Crippen LogP) is 4.07. The van der Waals surface area contributed by atoms with Crippen molar-refractivity contribution in [1.29, 1.82) is 0 Å². The molecule has 2 aromatic rings. The lowest BCUT2D eigenvalue weighted by atomic mass is 10.1. The van der Waals surface area contributed by atoms with Crippen LogP contribution in [0.3, 0.4) is 0 Å². The van der Waals surface area contributed by atoms with Crippen LogP contribution in [0, 0.1) is 6.92 Å². The third kappa shape index (κ3) is 1.76. The van der Waals surface area contributed by atoms with Gasteiger partial charge in [0.1, 0.15) is 4.60 Å². The molecule has 1 heterocycles. The van der Waals surface area contributed by atoms with Gasteiger partial charge in [0.2, 0.25) is 0 Å². The van der Waals surface area contributed by atoms with E-state index in [9.17, 15) is 0 Å². The van der Waals surface area contributed by atoms with Crippen LogP contribution in [0.4, 0.5) is 0 Å². The zero-order chi connectivity index (χ0) is 9.42. The van der Waals surface area contributed by atoms with Gasteiger partial charge in [0.05, 0.1) is 0 Å². The van der Waals surface area contributed by atoms with Crippen LogP contribution in [0.1, 0.15) is 5.69 Å². The summed E-state index contributed by atoms with van der Waals surface area (Å²) in [7, 11) is 0. The van der Waals surface area contributed by atoms with E-state index in [2.05, 4.69) is 55.0 Å². The maximum atomic E-state index is 4.33. The van der Waals surface area contributed by atoms with Gasteiger partial charge >= 0.3 is 0 Å². The van der Waals surface area contributed by atoms with E-state index in [0.29, 0.717) is 0 Å². The van der Waals surface area contributed by atoms with E-state index in [1.54, 1.807) is 0 Å².